The van der Waals surface area contributed by atoms with Crippen LogP contribution in [0, 0.1) is 28.9 Å². The molecule has 1 saturated carbocycles. The number of hydrogen-bond donors (Lipinski definition) is 2. The van der Waals surface area contributed by atoms with Gasteiger partial charge in [-0.25, -0.2) is 13.8 Å². The van der Waals surface area contributed by atoms with E-state index in [9.17, 15) is 19.1 Å². The number of rotatable bonds is 5. The second-order valence-corrected chi connectivity index (χ2v) is 10.2. The average molecular weight is 500 g/mol. The summed E-state index contributed by atoms with van der Waals surface area (Å²) in [5.74, 6) is -0.845. The van der Waals surface area contributed by atoms with Crippen LogP contribution in [0.3, 0.4) is 0 Å². The van der Waals surface area contributed by atoms with Crippen LogP contribution in [0.2, 0.25) is 0 Å². The number of halogens is 2. The number of hydrogen-bond acceptors (Lipinski definition) is 5. The zero-order valence-corrected chi connectivity index (χ0v) is 20.3. The minimum absolute atomic E-state index is 0.0932. The first-order valence-electron chi connectivity index (χ1n) is 12.6. The Morgan fingerprint density at radius 2 is 1.76 bits per heavy atom. The maximum Gasteiger partial charge on any atom is 0.142 e. The number of anilines is 1. The van der Waals surface area contributed by atoms with Gasteiger partial charge in [0.25, 0.3) is 0 Å². The Kier molecular flexibility index (Phi) is 5.81. The lowest BCUT2D eigenvalue weighted by molar-refractivity contribution is 0.475. The van der Waals surface area contributed by atoms with Crippen LogP contribution in [0.1, 0.15) is 31.2 Å². The van der Waals surface area contributed by atoms with Crippen molar-refractivity contribution in [3.05, 3.63) is 66.0 Å². The Hall–Kier alpha value is -3.96. The zero-order valence-electron chi connectivity index (χ0n) is 20.3. The van der Waals surface area contributed by atoms with Crippen LogP contribution in [0.4, 0.5) is 14.5 Å². The molecule has 6 nitrogen and oxygen atoms in total. The lowest BCUT2D eigenvalue weighted by Crippen LogP contribution is -2.40. The monoisotopic (exact) mass is 499 g/mol. The van der Waals surface area contributed by atoms with Gasteiger partial charge in [0.2, 0.25) is 0 Å². The quantitative estimate of drug-likeness (QED) is 0.375. The van der Waals surface area contributed by atoms with Gasteiger partial charge in [-0.3, -0.25) is 0 Å². The first kappa shape index (κ1) is 23.4. The smallest absolute Gasteiger partial charge is 0.142 e. The summed E-state index contributed by atoms with van der Waals surface area (Å²) in [7, 11) is 0. The number of nitriles is 1. The van der Waals surface area contributed by atoms with Crippen LogP contribution in [0.25, 0.3) is 33.3 Å². The SMILES string of the molecule is N#Cc1cccc(-c2cn(CC3CC3)c3ncc(-c4cc(F)cc(F)c4)c(N4CCC(N)CC4)c23)c1O. The van der Waals surface area contributed by atoms with Gasteiger partial charge >= 0.3 is 0 Å². The van der Waals surface area contributed by atoms with Gasteiger partial charge < -0.3 is 20.3 Å². The molecule has 6 rings (SSSR count). The number of fused-ring (bicyclic) bond motifs is 1. The van der Waals surface area contributed by atoms with Gasteiger partial charge in [0.15, 0.2) is 0 Å². The number of pyridine rings is 1. The van der Waals surface area contributed by atoms with Crippen molar-refractivity contribution in [1.82, 2.24) is 9.55 Å². The molecule has 4 aromatic rings. The predicted molar refractivity (Wildman–Crippen MR) is 139 cm³/mol. The normalized spacial score (nSPS) is 16.3. The minimum Gasteiger partial charge on any atom is -0.506 e. The van der Waals surface area contributed by atoms with E-state index < -0.39 is 11.6 Å². The third kappa shape index (κ3) is 4.30. The third-order valence-corrected chi connectivity index (χ3v) is 7.49. The van der Waals surface area contributed by atoms with Crippen LogP contribution in [0.15, 0.2) is 48.8 Å². The summed E-state index contributed by atoms with van der Waals surface area (Å²) in [4.78, 5) is 7.02. The highest BCUT2D eigenvalue weighted by atomic mass is 19.1. The number of para-hydroxylation sites is 1. The summed E-state index contributed by atoms with van der Waals surface area (Å²) < 4.78 is 30.8. The molecule has 1 aliphatic heterocycles. The first-order chi connectivity index (χ1) is 17.9. The van der Waals surface area contributed by atoms with Crippen LogP contribution >= 0.6 is 0 Å². The highest BCUT2D eigenvalue weighted by molar-refractivity contribution is 6.08. The molecule has 0 unspecified atom stereocenters. The molecule has 3 N–H and O–H groups in total. The second kappa shape index (κ2) is 9.16. The van der Waals surface area contributed by atoms with E-state index in [1.807, 2.05) is 6.20 Å². The van der Waals surface area contributed by atoms with Crippen LogP contribution in [-0.2, 0) is 6.54 Å². The summed E-state index contributed by atoms with van der Waals surface area (Å²) in [6, 6.07) is 10.8. The van der Waals surface area contributed by atoms with E-state index in [4.69, 9.17) is 10.7 Å². The zero-order chi connectivity index (χ0) is 25.7. The highest BCUT2D eigenvalue weighted by Gasteiger charge is 2.29. The standard InChI is InChI=1S/C29H27F2N5O/c30-20-10-19(11-21(31)12-20)24-14-34-29-26(27(24)35-8-6-22(33)7-9-35)25(16-36(29)15-17-4-5-17)23-3-1-2-18(13-32)28(23)37/h1-3,10-12,14,16-17,22,37H,4-9,15,33H2. The first-order valence-corrected chi connectivity index (χ1v) is 12.6. The van der Waals surface area contributed by atoms with E-state index in [1.54, 1.807) is 24.4 Å². The molecule has 2 aromatic heterocycles. The van der Waals surface area contributed by atoms with Crippen molar-refractivity contribution in [2.45, 2.75) is 38.3 Å². The largest absolute Gasteiger partial charge is 0.506 e. The van der Waals surface area contributed by atoms with Crippen molar-refractivity contribution >= 4 is 16.7 Å². The molecule has 0 radical (unpaired) electrons. The van der Waals surface area contributed by atoms with Crippen molar-refractivity contribution in [2.75, 3.05) is 18.0 Å². The van der Waals surface area contributed by atoms with Crippen molar-refractivity contribution in [3.8, 4) is 34.1 Å². The van der Waals surface area contributed by atoms with Crippen molar-refractivity contribution in [3.63, 3.8) is 0 Å². The summed E-state index contributed by atoms with van der Waals surface area (Å²) in [5.41, 5.74) is 10.2. The number of aromatic hydroxyl groups is 1. The number of nitrogens with two attached hydrogens (primary N) is 1. The van der Waals surface area contributed by atoms with Gasteiger partial charge in [-0.05, 0) is 55.4 Å². The summed E-state index contributed by atoms with van der Waals surface area (Å²) in [6.07, 6.45) is 7.56. The van der Waals surface area contributed by atoms with Crippen LogP contribution in [-0.4, -0.2) is 33.8 Å². The van der Waals surface area contributed by atoms with Crippen molar-refractivity contribution in [1.29, 1.82) is 5.26 Å². The molecule has 0 atom stereocenters. The van der Waals surface area contributed by atoms with Gasteiger partial charge in [0.1, 0.15) is 29.1 Å². The Balaban J connectivity index is 1.67. The van der Waals surface area contributed by atoms with Crippen LogP contribution in [0.5, 0.6) is 5.75 Å². The molecule has 2 aliphatic rings. The summed E-state index contributed by atoms with van der Waals surface area (Å²) in [5, 5.41) is 21.4. The number of nitrogens with zero attached hydrogens (tertiary/aromatic N) is 4. The van der Waals surface area contributed by atoms with E-state index in [0.717, 1.165) is 60.6 Å². The molecule has 0 spiro atoms. The molecular weight excluding hydrogens is 472 g/mol. The maximum absolute atomic E-state index is 14.3. The van der Waals surface area contributed by atoms with Gasteiger partial charge in [-0.15, -0.1) is 0 Å². The summed E-state index contributed by atoms with van der Waals surface area (Å²) in [6.45, 7) is 2.16. The number of phenols is 1. The predicted octanol–water partition coefficient (Wildman–Crippen LogP) is 5.56. The molecule has 188 valence electrons. The van der Waals surface area contributed by atoms with Crippen LogP contribution < -0.4 is 10.6 Å². The second-order valence-electron chi connectivity index (χ2n) is 10.2. The Labute approximate surface area is 213 Å². The minimum atomic E-state index is -0.660. The molecule has 2 fully saturated rings. The maximum atomic E-state index is 14.3. The fourth-order valence-electron chi connectivity index (χ4n) is 5.38. The van der Waals surface area contributed by atoms with E-state index >= 15 is 0 Å². The van der Waals surface area contributed by atoms with Gasteiger partial charge in [0, 0.05) is 60.8 Å². The molecule has 0 bridgehead atoms. The van der Waals surface area contributed by atoms with Crippen molar-refractivity contribution < 1.29 is 13.9 Å². The van der Waals surface area contributed by atoms with Gasteiger partial charge in [-0.1, -0.05) is 12.1 Å². The lowest BCUT2D eigenvalue weighted by Gasteiger charge is -2.34. The fraction of sp³-hybridized carbons (Fsp3) is 0.310. The Morgan fingerprint density at radius 3 is 2.43 bits per heavy atom. The van der Waals surface area contributed by atoms with Crippen molar-refractivity contribution in [2.24, 2.45) is 11.7 Å². The molecule has 8 heteroatoms. The topological polar surface area (TPSA) is 91.1 Å². The number of phenolic OH excluding ortho intramolecular Hbond substituents is 1. The van der Waals surface area contributed by atoms with E-state index in [0.29, 0.717) is 35.7 Å². The molecule has 1 aliphatic carbocycles. The fourth-order valence-corrected chi connectivity index (χ4v) is 5.38. The molecule has 2 aromatic carbocycles. The number of benzene rings is 2. The van der Waals surface area contributed by atoms with E-state index in [-0.39, 0.29) is 17.4 Å². The highest BCUT2D eigenvalue weighted by Crippen LogP contribution is 2.46. The van der Waals surface area contributed by atoms with Gasteiger partial charge in [0.05, 0.1) is 16.6 Å². The average Bonchev–Trinajstić information content (AvgIpc) is 3.63. The Bertz CT molecular complexity index is 1520. The van der Waals surface area contributed by atoms with E-state index in [2.05, 4.69) is 15.5 Å². The molecule has 1 saturated heterocycles. The molecule has 0 amide bonds. The summed E-state index contributed by atoms with van der Waals surface area (Å²) >= 11 is 0. The number of piperidine rings is 1. The lowest BCUT2D eigenvalue weighted by atomic mass is 9.95. The van der Waals surface area contributed by atoms with E-state index in [1.165, 1.54) is 12.1 Å². The molecule has 37 heavy (non-hydrogen) atoms. The Morgan fingerprint density at radius 1 is 1.03 bits per heavy atom. The molecule has 3 heterocycles. The number of aromatic nitrogens is 2. The molecular formula is C29H27F2N5O. The van der Waals surface area contributed by atoms with Gasteiger partial charge in [-0.2, -0.15) is 5.26 Å². The third-order valence-electron chi connectivity index (χ3n) is 7.49.